The second-order valence-electron chi connectivity index (χ2n) is 7.21. The van der Waals surface area contributed by atoms with Crippen molar-refractivity contribution in [3.8, 4) is 0 Å². The fraction of sp³-hybridized carbons (Fsp3) is 0.190. The number of amides is 1. The van der Waals surface area contributed by atoms with Gasteiger partial charge in [0.1, 0.15) is 0 Å². The molecule has 8 heteroatoms. The lowest BCUT2D eigenvalue weighted by Crippen LogP contribution is -2.37. The summed E-state index contributed by atoms with van der Waals surface area (Å²) in [6.45, 7) is 3.84. The van der Waals surface area contributed by atoms with Crippen molar-refractivity contribution >= 4 is 17.4 Å². The Morgan fingerprint density at radius 3 is 2.62 bits per heavy atom. The average molecular weight is 399 g/mol. The molecule has 2 N–H and O–H groups in total. The number of carbonyl (C=O) groups excluding carboxylic acids is 1. The number of hydrogen-bond acceptors (Lipinski definition) is 3. The molecule has 0 aliphatic carbocycles. The molecule has 2 aromatic rings. The van der Waals surface area contributed by atoms with E-state index in [1.54, 1.807) is 24.4 Å². The van der Waals surface area contributed by atoms with Gasteiger partial charge in [0.05, 0.1) is 17.6 Å². The van der Waals surface area contributed by atoms with Crippen LogP contribution in [-0.2, 0) is 10.2 Å². The maximum atomic E-state index is 13.6. The van der Waals surface area contributed by atoms with Crippen molar-refractivity contribution in [3.05, 3.63) is 83.6 Å². The lowest BCUT2D eigenvalue weighted by Gasteiger charge is -2.29. The molecule has 0 radical (unpaired) electrons. The molecule has 1 aromatic heterocycles. The van der Waals surface area contributed by atoms with Gasteiger partial charge in [-0.1, -0.05) is 26.0 Å². The minimum Gasteiger partial charge on any atom is -0.478 e. The predicted octanol–water partition coefficient (Wildman–Crippen LogP) is 3.67. The van der Waals surface area contributed by atoms with Gasteiger partial charge in [-0.05, 0) is 29.8 Å². The van der Waals surface area contributed by atoms with Crippen LogP contribution in [0.5, 0.6) is 0 Å². The van der Waals surface area contributed by atoms with Gasteiger partial charge in [0.2, 0.25) is 0 Å². The van der Waals surface area contributed by atoms with Crippen molar-refractivity contribution in [2.75, 3.05) is 6.54 Å². The molecule has 1 aromatic carbocycles. The van der Waals surface area contributed by atoms with Gasteiger partial charge in [0, 0.05) is 29.9 Å². The molecule has 0 bridgehead atoms. The van der Waals surface area contributed by atoms with Crippen LogP contribution in [0.1, 0.15) is 35.5 Å². The van der Waals surface area contributed by atoms with Crippen molar-refractivity contribution in [1.29, 1.82) is 0 Å². The van der Waals surface area contributed by atoms with E-state index in [1.165, 1.54) is 17.4 Å². The predicted molar refractivity (Wildman–Crippen MR) is 102 cm³/mol. The van der Waals surface area contributed by atoms with Crippen molar-refractivity contribution < 1.29 is 23.5 Å². The second-order valence-corrected chi connectivity index (χ2v) is 7.21. The van der Waals surface area contributed by atoms with Crippen molar-refractivity contribution in [2.45, 2.75) is 19.3 Å². The summed E-state index contributed by atoms with van der Waals surface area (Å²) in [7, 11) is 0. The molecule has 2 heterocycles. The van der Waals surface area contributed by atoms with E-state index in [0.717, 1.165) is 18.2 Å². The Hall–Kier alpha value is -3.55. The molecule has 1 amide bonds. The lowest BCUT2D eigenvalue weighted by atomic mass is 9.83. The molecule has 0 saturated carbocycles. The number of rotatable bonds is 2. The Balaban J connectivity index is 2.19. The molecule has 29 heavy (non-hydrogen) atoms. The van der Waals surface area contributed by atoms with Crippen LogP contribution in [0, 0.1) is 11.6 Å². The van der Waals surface area contributed by atoms with E-state index in [9.17, 15) is 23.5 Å². The lowest BCUT2D eigenvalue weighted by molar-refractivity contribution is -0.130. The van der Waals surface area contributed by atoms with E-state index in [-0.39, 0.29) is 17.7 Å². The van der Waals surface area contributed by atoms with E-state index < -0.39 is 28.9 Å². The number of halogens is 2. The first-order chi connectivity index (χ1) is 13.7. The smallest absolute Gasteiger partial charge is 0.339 e. The summed E-state index contributed by atoms with van der Waals surface area (Å²) < 4.78 is 26.9. The largest absolute Gasteiger partial charge is 0.478 e. The molecule has 0 atom stereocenters. The summed E-state index contributed by atoms with van der Waals surface area (Å²) in [5.74, 6) is -4.11. The van der Waals surface area contributed by atoms with E-state index >= 15 is 0 Å². The zero-order chi connectivity index (χ0) is 21.2. The van der Waals surface area contributed by atoms with Gasteiger partial charge in [0.25, 0.3) is 5.91 Å². The first-order valence-electron chi connectivity index (χ1n) is 8.78. The topological polar surface area (TPSA) is 86.3 Å². The number of aromatic nitrogens is 2. The molecule has 1 aliphatic rings. The minimum atomic E-state index is -1.25. The number of aromatic amines is 1. The highest BCUT2D eigenvalue weighted by atomic mass is 19.2. The number of H-pyrrole nitrogens is 1. The zero-order valence-electron chi connectivity index (χ0n) is 15.8. The summed E-state index contributed by atoms with van der Waals surface area (Å²) in [6.07, 6.45) is 4.11. The third-order valence-corrected chi connectivity index (χ3v) is 4.61. The molecular formula is C21H19F2N3O3. The van der Waals surface area contributed by atoms with Gasteiger partial charge in [-0.3, -0.25) is 4.79 Å². The first kappa shape index (κ1) is 20.2. The van der Waals surface area contributed by atoms with Gasteiger partial charge in [-0.15, -0.1) is 0 Å². The van der Waals surface area contributed by atoms with Gasteiger partial charge in [-0.2, -0.15) is 0 Å². The summed E-state index contributed by atoms with van der Waals surface area (Å²) in [5.41, 5.74) is 0.0445. The number of aliphatic carboxylic acids is 1. The van der Waals surface area contributed by atoms with Crippen LogP contribution in [-0.4, -0.2) is 38.4 Å². The van der Waals surface area contributed by atoms with Crippen molar-refractivity contribution in [1.82, 2.24) is 14.9 Å². The van der Waals surface area contributed by atoms with Crippen molar-refractivity contribution in [2.24, 2.45) is 0 Å². The molecule has 0 saturated heterocycles. The third-order valence-electron chi connectivity index (χ3n) is 4.61. The Labute approximate surface area is 165 Å². The number of fused-ring (bicyclic) bond motifs is 1. The third kappa shape index (κ3) is 4.16. The van der Waals surface area contributed by atoms with Crippen LogP contribution in [0.15, 0.2) is 55.1 Å². The number of carbonyl (C=O) groups is 2. The van der Waals surface area contributed by atoms with Crippen molar-refractivity contribution in [3.63, 3.8) is 0 Å². The molecule has 3 rings (SSSR count). The molecule has 0 spiro atoms. The summed E-state index contributed by atoms with van der Waals surface area (Å²) >= 11 is 0. The molecule has 150 valence electrons. The highest BCUT2D eigenvalue weighted by molar-refractivity contribution is 6.16. The number of benzene rings is 1. The number of nitrogens with zero attached hydrogens (tertiary/aromatic N) is 2. The van der Waals surface area contributed by atoms with Gasteiger partial charge >= 0.3 is 5.97 Å². The first-order valence-corrected chi connectivity index (χ1v) is 8.78. The zero-order valence-corrected chi connectivity index (χ0v) is 15.8. The monoisotopic (exact) mass is 399 g/mol. The second kappa shape index (κ2) is 7.83. The average Bonchev–Trinajstić information content (AvgIpc) is 2.73. The maximum Gasteiger partial charge on any atom is 0.339 e. The quantitative estimate of drug-likeness (QED) is 0.807. The van der Waals surface area contributed by atoms with E-state index in [2.05, 4.69) is 9.97 Å². The highest BCUT2D eigenvalue weighted by Crippen LogP contribution is 2.33. The fourth-order valence-corrected chi connectivity index (χ4v) is 3.21. The normalized spacial score (nSPS) is 14.9. The minimum absolute atomic E-state index is 0.0835. The van der Waals surface area contributed by atoms with E-state index in [4.69, 9.17) is 0 Å². The maximum absolute atomic E-state index is 13.6. The summed E-state index contributed by atoms with van der Waals surface area (Å²) in [6, 6.07) is 8.01. The number of carboxylic acids is 1. The van der Waals surface area contributed by atoms with Crippen LogP contribution in [0.3, 0.4) is 0 Å². The SMILES string of the molecule is CC1(C)CN(C(=O)c2ccc(F)c(F)c2)C=C(C(=O)O)c2[nH]cnccccc21. The van der Waals surface area contributed by atoms with E-state index in [1.807, 2.05) is 13.8 Å². The van der Waals surface area contributed by atoms with Crippen LogP contribution in [0.2, 0.25) is 0 Å². The van der Waals surface area contributed by atoms with Gasteiger partial charge < -0.3 is 15.0 Å². The molecule has 1 aliphatic heterocycles. The van der Waals surface area contributed by atoms with Gasteiger partial charge in [0.15, 0.2) is 11.6 Å². The number of nitrogens with one attached hydrogen (secondary N) is 1. The highest BCUT2D eigenvalue weighted by Gasteiger charge is 2.34. The Kier molecular flexibility index (Phi) is 5.45. The van der Waals surface area contributed by atoms with Crippen LogP contribution < -0.4 is 0 Å². The van der Waals surface area contributed by atoms with Gasteiger partial charge in [-0.25, -0.2) is 18.6 Å². The molecular weight excluding hydrogens is 380 g/mol. The molecule has 0 unspecified atom stereocenters. The summed E-state index contributed by atoms with van der Waals surface area (Å²) in [5, 5.41) is 9.78. The number of carboxylic acid groups (broad SMARTS) is 1. The Morgan fingerprint density at radius 2 is 1.93 bits per heavy atom. The van der Waals surface area contributed by atoms with E-state index in [0.29, 0.717) is 11.3 Å². The van der Waals surface area contributed by atoms with Crippen LogP contribution in [0.25, 0.3) is 5.57 Å². The van der Waals surface area contributed by atoms with Crippen LogP contribution in [0.4, 0.5) is 8.78 Å². The fourth-order valence-electron chi connectivity index (χ4n) is 3.21. The Morgan fingerprint density at radius 1 is 1.17 bits per heavy atom. The number of hydrogen-bond donors (Lipinski definition) is 2. The molecule has 6 nitrogen and oxygen atoms in total. The molecule has 0 fully saturated rings. The summed E-state index contributed by atoms with van der Waals surface area (Å²) in [4.78, 5) is 33.1. The Bertz CT molecular complexity index is 1060. The van der Waals surface area contributed by atoms with Crippen LogP contribution >= 0.6 is 0 Å². The standard InChI is InChI=1S/C21H19F2N3O3/c1-21(2)11-26(19(27)13-6-7-16(22)17(23)9-13)10-14(20(28)29)18-15(21)5-3-4-8-24-12-25-18/h3-10,12H,11H2,1-2H3,(H,24,25)(H,28,29).